The van der Waals surface area contributed by atoms with E-state index in [1.165, 1.54) is 25.1 Å². The first-order valence-corrected chi connectivity index (χ1v) is 5.25. The highest BCUT2D eigenvalue weighted by Gasteiger charge is 2.16. The Morgan fingerprint density at radius 3 is 2.47 bits per heavy atom. The molecular formula is C11H13N3O5. The highest BCUT2D eigenvalue weighted by molar-refractivity contribution is 5.98. The summed E-state index contributed by atoms with van der Waals surface area (Å²) in [5.41, 5.74) is 4.53. The summed E-state index contributed by atoms with van der Waals surface area (Å²) in [7, 11) is 0. The predicted octanol–water partition coefficient (Wildman–Crippen LogP) is 0.0857. The number of benzene rings is 1. The number of para-hydroxylation sites is 1. The Kier molecular flexibility index (Phi) is 4.30. The van der Waals surface area contributed by atoms with Crippen molar-refractivity contribution in [1.29, 1.82) is 0 Å². The Balaban J connectivity index is 2.83. The molecule has 0 aliphatic carbocycles. The summed E-state index contributed by atoms with van der Waals surface area (Å²) in [6.45, 7) is 1.38. The van der Waals surface area contributed by atoms with Crippen molar-refractivity contribution in [2.75, 3.05) is 5.32 Å². The molecule has 6 N–H and O–H groups in total. The Morgan fingerprint density at radius 2 is 1.95 bits per heavy atom. The van der Waals surface area contributed by atoms with Crippen molar-refractivity contribution in [1.82, 2.24) is 5.32 Å². The number of phenols is 1. The number of primary amides is 1. The van der Waals surface area contributed by atoms with E-state index < -0.39 is 29.7 Å². The van der Waals surface area contributed by atoms with E-state index >= 15 is 0 Å². The summed E-state index contributed by atoms with van der Waals surface area (Å²) >= 11 is 0. The van der Waals surface area contributed by atoms with Crippen molar-refractivity contribution in [2.24, 2.45) is 5.73 Å². The van der Waals surface area contributed by atoms with Gasteiger partial charge in [0, 0.05) is 0 Å². The number of nitrogens with two attached hydrogens (primary N) is 1. The molecule has 0 fully saturated rings. The first kappa shape index (κ1) is 14.3. The zero-order chi connectivity index (χ0) is 14.6. The molecule has 0 bridgehead atoms. The number of carboxylic acids is 1. The largest absolute Gasteiger partial charge is 0.505 e. The average Bonchev–Trinajstić information content (AvgIpc) is 2.31. The second kappa shape index (κ2) is 5.71. The topological polar surface area (TPSA) is 142 Å². The molecule has 1 aromatic rings. The van der Waals surface area contributed by atoms with Gasteiger partial charge in [-0.15, -0.1) is 0 Å². The minimum atomic E-state index is -1.33. The van der Waals surface area contributed by atoms with Gasteiger partial charge in [-0.25, -0.2) is 9.59 Å². The van der Waals surface area contributed by atoms with Crippen molar-refractivity contribution in [2.45, 2.75) is 13.0 Å². The van der Waals surface area contributed by atoms with E-state index in [2.05, 4.69) is 10.6 Å². The second-order valence-corrected chi connectivity index (χ2v) is 3.73. The van der Waals surface area contributed by atoms with Gasteiger partial charge in [-0.2, -0.15) is 0 Å². The van der Waals surface area contributed by atoms with Gasteiger partial charge in [0.1, 0.15) is 11.6 Å². The van der Waals surface area contributed by atoms with Gasteiger partial charge in [-0.1, -0.05) is 6.07 Å². The fraction of sp³-hybridized carbons (Fsp3) is 0.182. The van der Waals surface area contributed by atoms with Crippen LogP contribution in [0, 0.1) is 0 Å². The van der Waals surface area contributed by atoms with Gasteiger partial charge in [0.05, 0.1) is 5.69 Å². The summed E-state index contributed by atoms with van der Waals surface area (Å²) in [6, 6.07) is 2.17. The van der Waals surface area contributed by atoms with Crippen LogP contribution in [0.2, 0.25) is 0 Å². The number of hydrogen-bond acceptors (Lipinski definition) is 4. The first-order valence-electron chi connectivity index (χ1n) is 5.25. The monoisotopic (exact) mass is 267 g/mol. The van der Waals surface area contributed by atoms with Gasteiger partial charge in [0.25, 0.3) is 0 Å². The Hall–Kier alpha value is -2.77. The molecule has 1 rings (SSSR count). The maximum absolute atomic E-state index is 11.5. The highest BCUT2D eigenvalue weighted by atomic mass is 16.4. The lowest BCUT2D eigenvalue weighted by Crippen LogP contribution is -2.44. The van der Waals surface area contributed by atoms with Crippen LogP contribution in [-0.4, -0.2) is 34.2 Å². The molecule has 1 aromatic carbocycles. The fourth-order valence-electron chi connectivity index (χ4n) is 1.24. The molecule has 0 aliphatic rings. The molecule has 0 saturated heterocycles. The number of nitrogens with one attached hydrogen (secondary N) is 2. The third-order valence-electron chi connectivity index (χ3n) is 2.29. The Morgan fingerprint density at radius 1 is 1.32 bits per heavy atom. The van der Waals surface area contributed by atoms with Crippen molar-refractivity contribution < 1.29 is 24.6 Å². The smallest absolute Gasteiger partial charge is 0.339 e. The highest BCUT2D eigenvalue weighted by Crippen LogP contribution is 2.27. The number of urea groups is 1. The molecule has 1 atom stereocenters. The summed E-state index contributed by atoms with van der Waals surface area (Å²) in [6.07, 6.45) is 0. The van der Waals surface area contributed by atoms with Gasteiger partial charge in [0.2, 0.25) is 5.91 Å². The molecule has 0 heterocycles. The van der Waals surface area contributed by atoms with Crippen LogP contribution < -0.4 is 16.4 Å². The molecule has 8 heteroatoms. The summed E-state index contributed by atoms with van der Waals surface area (Å²) < 4.78 is 0. The number of carbonyl (C=O) groups is 3. The Labute approximate surface area is 108 Å². The second-order valence-electron chi connectivity index (χ2n) is 3.73. The fourth-order valence-corrected chi connectivity index (χ4v) is 1.24. The van der Waals surface area contributed by atoms with E-state index in [1.807, 2.05) is 0 Å². The summed E-state index contributed by atoms with van der Waals surface area (Å²) in [5, 5.41) is 22.9. The van der Waals surface area contributed by atoms with E-state index in [0.29, 0.717) is 0 Å². The van der Waals surface area contributed by atoms with Gasteiger partial charge in [-0.3, -0.25) is 4.79 Å². The first-order chi connectivity index (χ1) is 8.82. The third kappa shape index (κ3) is 3.60. The Bertz CT molecular complexity index is 529. The maximum Gasteiger partial charge on any atom is 0.339 e. The van der Waals surface area contributed by atoms with E-state index in [4.69, 9.17) is 10.8 Å². The van der Waals surface area contributed by atoms with Crippen molar-refractivity contribution in [3.8, 4) is 5.75 Å². The number of hydrogen-bond donors (Lipinski definition) is 5. The minimum absolute atomic E-state index is 0.0888. The SMILES string of the molecule is CC(NC(=O)Nc1cccc(C(=O)O)c1O)C(N)=O. The van der Waals surface area contributed by atoms with Gasteiger partial charge in [-0.05, 0) is 19.1 Å². The number of amides is 3. The molecule has 0 saturated carbocycles. The van der Waals surface area contributed by atoms with Crippen molar-refractivity contribution in [3.05, 3.63) is 23.8 Å². The normalized spacial score (nSPS) is 11.4. The van der Waals surface area contributed by atoms with Crippen LogP contribution in [0.1, 0.15) is 17.3 Å². The molecule has 8 nitrogen and oxygen atoms in total. The molecule has 19 heavy (non-hydrogen) atoms. The zero-order valence-corrected chi connectivity index (χ0v) is 10.0. The maximum atomic E-state index is 11.5. The number of rotatable bonds is 4. The molecule has 102 valence electrons. The van der Waals surface area contributed by atoms with Crippen LogP contribution in [0.3, 0.4) is 0 Å². The number of anilines is 1. The number of aromatic hydroxyl groups is 1. The van der Waals surface area contributed by atoms with Crippen LogP contribution in [0.15, 0.2) is 18.2 Å². The van der Waals surface area contributed by atoms with Crippen LogP contribution in [0.4, 0.5) is 10.5 Å². The molecule has 0 radical (unpaired) electrons. The average molecular weight is 267 g/mol. The lowest BCUT2D eigenvalue weighted by Gasteiger charge is -2.12. The van der Waals surface area contributed by atoms with Crippen LogP contribution in [0.25, 0.3) is 0 Å². The van der Waals surface area contributed by atoms with E-state index in [1.54, 1.807) is 0 Å². The molecule has 1 unspecified atom stereocenters. The molecule has 0 aliphatic heterocycles. The summed E-state index contributed by atoms with van der Waals surface area (Å²) in [5.74, 6) is -2.62. The van der Waals surface area contributed by atoms with Crippen LogP contribution >= 0.6 is 0 Å². The third-order valence-corrected chi connectivity index (χ3v) is 2.29. The minimum Gasteiger partial charge on any atom is -0.505 e. The van der Waals surface area contributed by atoms with Crippen LogP contribution in [-0.2, 0) is 4.79 Å². The quantitative estimate of drug-likeness (QED) is 0.491. The lowest BCUT2D eigenvalue weighted by molar-refractivity contribution is -0.119. The number of carboxylic acid groups (broad SMARTS) is 1. The molecule has 3 amide bonds. The van der Waals surface area contributed by atoms with Gasteiger partial charge in [0.15, 0.2) is 5.75 Å². The molecule has 0 aromatic heterocycles. The number of carbonyl (C=O) groups excluding carboxylic acids is 2. The van der Waals surface area contributed by atoms with Crippen molar-refractivity contribution in [3.63, 3.8) is 0 Å². The zero-order valence-electron chi connectivity index (χ0n) is 10.0. The molecular weight excluding hydrogens is 254 g/mol. The van der Waals surface area contributed by atoms with E-state index in [0.717, 1.165) is 0 Å². The van der Waals surface area contributed by atoms with E-state index in [9.17, 15) is 19.5 Å². The van der Waals surface area contributed by atoms with Gasteiger partial charge < -0.3 is 26.6 Å². The van der Waals surface area contributed by atoms with Gasteiger partial charge >= 0.3 is 12.0 Å². The lowest BCUT2D eigenvalue weighted by atomic mass is 10.1. The van der Waals surface area contributed by atoms with Crippen molar-refractivity contribution >= 4 is 23.6 Å². The summed E-state index contributed by atoms with van der Waals surface area (Å²) in [4.78, 5) is 33.0. The predicted molar refractivity (Wildman–Crippen MR) is 65.9 cm³/mol. The van der Waals surface area contributed by atoms with Crippen LogP contribution in [0.5, 0.6) is 5.75 Å². The molecule has 0 spiro atoms. The number of aromatic carboxylic acids is 1. The standard InChI is InChI=1S/C11H13N3O5/c1-5(9(12)16)13-11(19)14-7-4-2-3-6(8(7)15)10(17)18/h2-5,15H,1H3,(H2,12,16)(H,17,18)(H2,13,14,19). The van der Waals surface area contributed by atoms with E-state index in [-0.39, 0.29) is 11.3 Å².